The third-order valence-electron chi connectivity index (χ3n) is 1.68. The van der Waals surface area contributed by atoms with Gasteiger partial charge in [0.05, 0.1) is 19.5 Å². The van der Waals surface area contributed by atoms with Crippen molar-refractivity contribution in [1.29, 1.82) is 0 Å². The maximum absolute atomic E-state index is 10.8. The number of hydrogen-bond acceptors (Lipinski definition) is 4. The van der Waals surface area contributed by atoms with Gasteiger partial charge in [-0.25, -0.2) is 4.79 Å². The Hall–Kier alpha value is -1.49. The molecule has 1 aromatic rings. The van der Waals surface area contributed by atoms with Crippen LogP contribution in [-0.2, 0) is 16.0 Å². The zero-order chi connectivity index (χ0) is 10.9. The van der Waals surface area contributed by atoms with Crippen LogP contribution in [0, 0.1) is 0 Å². The van der Waals surface area contributed by atoms with Crippen molar-refractivity contribution in [2.45, 2.75) is 19.8 Å². The lowest BCUT2D eigenvalue weighted by atomic mass is 10.3. The third kappa shape index (κ3) is 5.07. The lowest BCUT2D eigenvalue weighted by molar-refractivity contribution is 0.0282. The molecule has 0 aliphatic heterocycles. The monoisotopic (exact) mass is 213 g/mol. The lowest BCUT2D eigenvalue weighted by Crippen LogP contribution is -2.25. The van der Waals surface area contributed by atoms with Gasteiger partial charge in [-0.3, -0.25) is 4.84 Å². The summed E-state index contributed by atoms with van der Waals surface area (Å²) < 4.78 is 9.73. The maximum atomic E-state index is 10.8. The minimum absolute atomic E-state index is 0.335. The van der Waals surface area contributed by atoms with E-state index < -0.39 is 6.09 Å². The molecule has 0 atom stereocenters. The van der Waals surface area contributed by atoms with Gasteiger partial charge < -0.3 is 9.15 Å². The fourth-order valence-electron chi connectivity index (χ4n) is 1.04. The van der Waals surface area contributed by atoms with E-state index in [2.05, 4.69) is 10.2 Å². The van der Waals surface area contributed by atoms with E-state index in [9.17, 15) is 4.79 Å². The predicted molar refractivity (Wildman–Crippen MR) is 53.1 cm³/mol. The summed E-state index contributed by atoms with van der Waals surface area (Å²) in [6.45, 7) is 2.50. The number of rotatable bonds is 6. The van der Waals surface area contributed by atoms with Gasteiger partial charge in [0.1, 0.15) is 5.76 Å². The molecule has 0 aliphatic carbocycles. The van der Waals surface area contributed by atoms with E-state index in [1.54, 1.807) is 13.2 Å². The zero-order valence-corrected chi connectivity index (χ0v) is 8.69. The van der Waals surface area contributed by atoms with Crippen LogP contribution in [0.1, 0.15) is 19.1 Å². The molecule has 0 saturated heterocycles. The molecule has 1 amide bonds. The zero-order valence-electron chi connectivity index (χ0n) is 8.69. The van der Waals surface area contributed by atoms with Crippen LogP contribution in [0.15, 0.2) is 22.8 Å². The minimum atomic E-state index is -0.560. The van der Waals surface area contributed by atoms with Gasteiger partial charge >= 0.3 is 6.09 Å². The van der Waals surface area contributed by atoms with Crippen LogP contribution in [0.5, 0.6) is 0 Å². The van der Waals surface area contributed by atoms with Gasteiger partial charge in [-0.15, -0.1) is 0 Å². The summed E-state index contributed by atoms with van der Waals surface area (Å²) in [4.78, 5) is 15.6. The highest BCUT2D eigenvalue weighted by Gasteiger charge is 1.99. The molecular weight excluding hydrogens is 198 g/mol. The molecule has 0 unspecified atom stereocenters. The topological polar surface area (TPSA) is 60.7 Å². The number of hydrogen-bond donors (Lipinski definition) is 1. The van der Waals surface area contributed by atoms with Crippen molar-refractivity contribution >= 4 is 6.09 Å². The van der Waals surface area contributed by atoms with Crippen molar-refractivity contribution in [2.24, 2.45) is 0 Å². The van der Waals surface area contributed by atoms with Crippen molar-refractivity contribution in [2.75, 3.05) is 13.2 Å². The van der Waals surface area contributed by atoms with Gasteiger partial charge in [-0.05, 0) is 25.5 Å². The Balaban J connectivity index is 1.95. The molecule has 1 N–H and O–H groups in total. The standard InChI is InChI=1S/C10H15NO4/c1-2-13-10(12)11-15-8-4-6-9-5-3-7-14-9/h3,5,7H,2,4,6,8H2,1H3,(H,11,12). The first-order chi connectivity index (χ1) is 7.33. The first-order valence-corrected chi connectivity index (χ1v) is 4.90. The first-order valence-electron chi connectivity index (χ1n) is 4.90. The Labute approximate surface area is 88.3 Å². The van der Waals surface area contributed by atoms with Gasteiger partial charge in [0.15, 0.2) is 0 Å². The van der Waals surface area contributed by atoms with Gasteiger partial charge in [-0.2, -0.15) is 5.48 Å². The molecule has 0 aromatic carbocycles. The van der Waals surface area contributed by atoms with Crippen LogP contribution in [0.3, 0.4) is 0 Å². The Bertz CT molecular complexity index is 271. The van der Waals surface area contributed by atoms with Gasteiger partial charge in [0, 0.05) is 6.42 Å². The Morgan fingerprint density at radius 1 is 1.60 bits per heavy atom. The van der Waals surface area contributed by atoms with Crippen LogP contribution >= 0.6 is 0 Å². The van der Waals surface area contributed by atoms with Gasteiger partial charge in [0.2, 0.25) is 0 Å². The molecule has 0 bridgehead atoms. The molecular formula is C10H15NO4. The van der Waals surface area contributed by atoms with E-state index in [0.29, 0.717) is 13.2 Å². The van der Waals surface area contributed by atoms with Crippen LogP contribution in [-0.4, -0.2) is 19.3 Å². The van der Waals surface area contributed by atoms with Crippen molar-refractivity contribution < 1.29 is 18.8 Å². The molecule has 84 valence electrons. The van der Waals surface area contributed by atoms with Crippen LogP contribution in [0.4, 0.5) is 4.79 Å². The number of amides is 1. The van der Waals surface area contributed by atoms with Crippen molar-refractivity contribution in [3.63, 3.8) is 0 Å². The average molecular weight is 213 g/mol. The van der Waals surface area contributed by atoms with Crippen molar-refractivity contribution in [1.82, 2.24) is 5.48 Å². The molecule has 1 aromatic heterocycles. The number of nitrogens with one attached hydrogen (secondary N) is 1. The molecule has 15 heavy (non-hydrogen) atoms. The van der Waals surface area contributed by atoms with Crippen LogP contribution in [0.25, 0.3) is 0 Å². The predicted octanol–water partition coefficient (Wildman–Crippen LogP) is 1.89. The molecule has 1 rings (SSSR count). The van der Waals surface area contributed by atoms with Crippen molar-refractivity contribution in [3.05, 3.63) is 24.2 Å². The van der Waals surface area contributed by atoms with E-state index in [1.807, 2.05) is 12.1 Å². The number of aryl methyl sites for hydroxylation is 1. The molecule has 0 saturated carbocycles. The molecule has 0 radical (unpaired) electrons. The maximum Gasteiger partial charge on any atom is 0.431 e. The second-order valence-electron chi connectivity index (χ2n) is 2.85. The number of ether oxygens (including phenoxy) is 1. The molecule has 1 heterocycles. The highest BCUT2D eigenvalue weighted by molar-refractivity contribution is 5.65. The largest absolute Gasteiger partial charge is 0.469 e. The summed E-state index contributed by atoms with van der Waals surface area (Å²) in [5.74, 6) is 0.912. The van der Waals surface area contributed by atoms with E-state index in [-0.39, 0.29) is 0 Å². The third-order valence-corrected chi connectivity index (χ3v) is 1.68. The number of furan rings is 1. The molecule has 5 heteroatoms. The fourth-order valence-corrected chi connectivity index (χ4v) is 1.04. The number of carbonyl (C=O) groups is 1. The lowest BCUT2D eigenvalue weighted by Gasteiger charge is -2.04. The first kappa shape index (κ1) is 11.6. The smallest absolute Gasteiger partial charge is 0.431 e. The second-order valence-corrected chi connectivity index (χ2v) is 2.85. The second kappa shape index (κ2) is 6.89. The SMILES string of the molecule is CCOC(=O)NOCCCc1ccco1. The summed E-state index contributed by atoms with van der Waals surface area (Å²) in [5.41, 5.74) is 2.17. The summed E-state index contributed by atoms with van der Waals surface area (Å²) in [6.07, 6.45) is 2.64. The number of hydroxylamine groups is 1. The highest BCUT2D eigenvalue weighted by atomic mass is 16.7. The fraction of sp³-hybridized carbons (Fsp3) is 0.500. The Morgan fingerprint density at radius 3 is 3.13 bits per heavy atom. The average Bonchev–Trinajstić information content (AvgIpc) is 2.70. The van der Waals surface area contributed by atoms with Crippen molar-refractivity contribution in [3.8, 4) is 0 Å². The Morgan fingerprint density at radius 2 is 2.47 bits per heavy atom. The highest BCUT2D eigenvalue weighted by Crippen LogP contribution is 2.02. The van der Waals surface area contributed by atoms with Gasteiger partial charge in [-0.1, -0.05) is 0 Å². The Kier molecular flexibility index (Phi) is 5.32. The van der Waals surface area contributed by atoms with E-state index in [4.69, 9.17) is 9.25 Å². The van der Waals surface area contributed by atoms with E-state index in [1.165, 1.54) is 0 Å². The van der Waals surface area contributed by atoms with Gasteiger partial charge in [0.25, 0.3) is 0 Å². The summed E-state index contributed by atoms with van der Waals surface area (Å²) in [6, 6.07) is 3.74. The molecule has 0 fully saturated rings. The van der Waals surface area contributed by atoms with E-state index in [0.717, 1.165) is 18.6 Å². The normalized spacial score (nSPS) is 9.93. The molecule has 5 nitrogen and oxygen atoms in total. The summed E-state index contributed by atoms with van der Waals surface area (Å²) in [7, 11) is 0. The van der Waals surface area contributed by atoms with Crippen LogP contribution < -0.4 is 5.48 Å². The summed E-state index contributed by atoms with van der Waals surface area (Å²) in [5, 5.41) is 0. The quantitative estimate of drug-likeness (QED) is 0.579. The van der Waals surface area contributed by atoms with E-state index >= 15 is 0 Å². The minimum Gasteiger partial charge on any atom is -0.469 e. The molecule has 0 aliphatic rings. The van der Waals surface area contributed by atoms with Crippen LogP contribution in [0.2, 0.25) is 0 Å². The molecule has 0 spiro atoms. The summed E-state index contributed by atoms with van der Waals surface area (Å²) >= 11 is 0. The number of carbonyl (C=O) groups excluding carboxylic acids is 1.